The zero-order valence-corrected chi connectivity index (χ0v) is 23.2. The number of benzene rings is 1. The Balaban J connectivity index is 1.32. The van der Waals surface area contributed by atoms with Gasteiger partial charge in [-0.15, -0.1) is 5.10 Å². The number of nitrogens with zero attached hydrogens (tertiary/aromatic N) is 4. The Kier molecular flexibility index (Phi) is 7.13. The van der Waals surface area contributed by atoms with Gasteiger partial charge in [-0.1, -0.05) is 39.0 Å². The Labute approximate surface area is 228 Å². The van der Waals surface area contributed by atoms with Gasteiger partial charge >= 0.3 is 0 Å². The van der Waals surface area contributed by atoms with E-state index in [2.05, 4.69) is 20.9 Å². The highest BCUT2D eigenvalue weighted by atomic mass is 16.5. The molecule has 11 nitrogen and oxygen atoms in total. The maximum absolute atomic E-state index is 13.9. The molecule has 210 valence electrons. The summed E-state index contributed by atoms with van der Waals surface area (Å²) in [6.45, 7) is 9.68. The number of aliphatic hydroxyl groups is 1. The number of ether oxygens (including phenoxy) is 1. The van der Waals surface area contributed by atoms with Crippen molar-refractivity contribution >= 4 is 23.4 Å². The predicted molar refractivity (Wildman–Crippen MR) is 143 cm³/mol. The number of amides is 3. The highest BCUT2D eigenvalue weighted by Gasteiger charge is 2.45. The number of carbonyl (C=O) groups is 3. The largest absolute Gasteiger partial charge is 0.478 e. The lowest BCUT2D eigenvalue weighted by atomic mass is 9.85. The van der Waals surface area contributed by atoms with Crippen LogP contribution < -0.4 is 15.4 Å². The molecule has 0 radical (unpaired) electrons. The number of fused-ring (bicyclic) bond motifs is 1. The molecule has 2 aliphatic heterocycles. The molecule has 3 amide bonds. The van der Waals surface area contributed by atoms with Crippen molar-refractivity contribution in [3.8, 4) is 5.75 Å². The normalized spacial score (nSPS) is 24.4. The lowest BCUT2D eigenvalue weighted by molar-refractivity contribution is -0.144. The molecule has 1 saturated carbocycles. The van der Waals surface area contributed by atoms with Crippen molar-refractivity contribution in [2.75, 3.05) is 11.9 Å². The number of likely N-dealkylation sites (tertiary alicyclic amines) is 1. The Morgan fingerprint density at radius 1 is 1.28 bits per heavy atom. The van der Waals surface area contributed by atoms with Gasteiger partial charge in [0.1, 0.15) is 17.8 Å². The molecule has 1 saturated heterocycles. The monoisotopic (exact) mass is 538 g/mol. The van der Waals surface area contributed by atoms with E-state index >= 15 is 0 Å². The average Bonchev–Trinajstić information content (AvgIpc) is 3.48. The van der Waals surface area contributed by atoms with Gasteiger partial charge in [0.05, 0.1) is 23.5 Å². The lowest BCUT2D eigenvalue weighted by Crippen LogP contribution is -2.50. The summed E-state index contributed by atoms with van der Waals surface area (Å²) in [7, 11) is 0. The predicted octanol–water partition coefficient (Wildman–Crippen LogP) is 2.69. The molecule has 3 aliphatic rings. The molecule has 1 aliphatic carbocycles. The van der Waals surface area contributed by atoms with Gasteiger partial charge < -0.3 is 25.4 Å². The van der Waals surface area contributed by atoms with Crippen LogP contribution >= 0.6 is 0 Å². The molecular weight excluding hydrogens is 500 g/mol. The van der Waals surface area contributed by atoms with Crippen LogP contribution in [0.3, 0.4) is 0 Å². The molecular formula is C28H38N6O5. The van der Waals surface area contributed by atoms with Gasteiger partial charge in [-0.05, 0) is 49.3 Å². The van der Waals surface area contributed by atoms with E-state index in [1.54, 1.807) is 10.7 Å². The summed E-state index contributed by atoms with van der Waals surface area (Å²) in [6, 6.07) is 3.51. The van der Waals surface area contributed by atoms with Crippen LogP contribution in [0.4, 0.5) is 5.69 Å². The number of aromatic nitrogens is 3. The zero-order valence-electron chi connectivity index (χ0n) is 23.2. The molecule has 3 N–H and O–H groups in total. The first-order chi connectivity index (χ1) is 18.5. The number of β-amino-alcohol motifs (C(OH)–C–C–N with tert-alkyl or cyclic N) is 1. The summed E-state index contributed by atoms with van der Waals surface area (Å²) in [5, 5.41) is 24.9. The van der Waals surface area contributed by atoms with Crippen molar-refractivity contribution in [3.05, 3.63) is 35.7 Å². The SMILES string of the molecule is CCC1Oc2cc(C(C)NC(=O)C3CC(O)CN3C(=O)[C@@H](n3cc(C4CC4)nn3)C(C)(C)C)ccc2NC1=O. The molecule has 39 heavy (non-hydrogen) atoms. The maximum Gasteiger partial charge on any atom is 0.265 e. The van der Waals surface area contributed by atoms with Gasteiger partial charge in [-0.3, -0.25) is 14.4 Å². The third-order valence-electron chi connectivity index (χ3n) is 7.76. The number of anilines is 1. The highest BCUT2D eigenvalue weighted by Crippen LogP contribution is 2.40. The van der Waals surface area contributed by atoms with Crippen molar-refractivity contribution in [1.82, 2.24) is 25.2 Å². The summed E-state index contributed by atoms with van der Waals surface area (Å²) in [6.07, 6.45) is 3.35. The van der Waals surface area contributed by atoms with Crippen LogP contribution in [0.25, 0.3) is 0 Å². The Morgan fingerprint density at radius 3 is 2.69 bits per heavy atom. The third-order valence-corrected chi connectivity index (χ3v) is 7.76. The first-order valence-corrected chi connectivity index (χ1v) is 13.8. The summed E-state index contributed by atoms with van der Waals surface area (Å²) >= 11 is 0. The van der Waals surface area contributed by atoms with Crippen LogP contribution in [0.5, 0.6) is 5.75 Å². The molecule has 2 fully saturated rings. The fourth-order valence-corrected chi connectivity index (χ4v) is 5.42. The van der Waals surface area contributed by atoms with E-state index in [-0.39, 0.29) is 30.7 Å². The summed E-state index contributed by atoms with van der Waals surface area (Å²) in [5.41, 5.74) is 1.78. The number of rotatable bonds is 7. The molecule has 5 atom stereocenters. The number of carbonyl (C=O) groups excluding carboxylic acids is 3. The lowest BCUT2D eigenvalue weighted by Gasteiger charge is -2.35. The Hall–Kier alpha value is -3.47. The van der Waals surface area contributed by atoms with Gasteiger partial charge in [-0.2, -0.15) is 0 Å². The van der Waals surface area contributed by atoms with E-state index in [9.17, 15) is 19.5 Å². The van der Waals surface area contributed by atoms with Crippen LogP contribution in [-0.2, 0) is 14.4 Å². The summed E-state index contributed by atoms with van der Waals surface area (Å²) in [5.74, 6) is 0.186. The molecule has 2 aromatic rings. The summed E-state index contributed by atoms with van der Waals surface area (Å²) in [4.78, 5) is 41.0. The van der Waals surface area contributed by atoms with E-state index in [1.165, 1.54) is 4.90 Å². The van der Waals surface area contributed by atoms with Crippen LogP contribution in [0, 0.1) is 5.41 Å². The van der Waals surface area contributed by atoms with Crippen molar-refractivity contribution in [2.45, 2.75) is 96.6 Å². The van der Waals surface area contributed by atoms with Crippen LogP contribution in [0.2, 0.25) is 0 Å². The van der Waals surface area contributed by atoms with Gasteiger partial charge in [0.15, 0.2) is 6.10 Å². The van der Waals surface area contributed by atoms with Gasteiger partial charge in [0.25, 0.3) is 5.91 Å². The van der Waals surface area contributed by atoms with Gasteiger partial charge in [0.2, 0.25) is 11.8 Å². The Morgan fingerprint density at radius 2 is 2.03 bits per heavy atom. The van der Waals surface area contributed by atoms with Crippen LogP contribution in [0.15, 0.2) is 24.4 Å². The number of hydrogen-bond acceptors (Lipinski definition) is 7. The second-order valence-corrected chi connectivity index (χ2v) is 12.1. The quantitative estimate of drug-likeness (QED) is 0.493. The van der Waals surface area contributed by atoms with Crippen molar-refractivity contribution < 1.29 is 24.2 Å². The third kappa shape index (κ3) is 5.50. The number of nitrogens with one attached hydrogen (secondary N) is 2. The molecule has 1 aromatic heterocycles. The zero-order chi connectivity index (χ0) is 28.1. The first-order valence-electron chi connectivity index (χ1n) is 13.8. The van der Waals surface area contributed by atoms with E-state index in [1.807, 2.05) is 52.9 Å². The first kappa shape index (κ1) is 27.1. The number of aliphatic hydroxyl groups excluding tert-OH is 1. The van der Waals surface area contributed by atoms with E-state index in [0.717, 1.165) is 24.1 Å². The van der Waals surface area contributed by atoms with Gasteiger partial charge in [-0.25, -0.2) is 4.68 Å². The van der Waals surface area contributed by atoms with E-state index in [0.29, 0.717) is 23.8 Å². The van der Waals surface area contributed by atoms with Crippen LogP contribution in [-0.4, -0.2) is 67.5 Å². The van der Waals surface area contributed by atoms with Crippen LogP contribution in [0.1, 0.15) is 89.6 Å². The topological polar surface area (TPSA) is 139 Å². The molecule has 5 rings (SSSR count). The number of hydrogen-bond donors (Lipinski definition) is 3. The Bertz CT molecular complexity index is 1270. The fraction of sp³-hybridized carbons (Fsp3) is 0.607. The second kappa shape index (κ2) is 10.3. The molecule has 0 spiro atoms. The van der Waals surface area contributed by atoms with E-state index in [4.69, 9.17) is 4.74 Å². The molecule has 11 heteroatoms. The van der Waals surface area contributed by atoms with Gasteiger partial charge in [0, 0.05) is 25.1 Å². The summed E-state index contributed by atoms with van der Waals surface area (Å²) < 4.78 is 7.47. The van der Waals surface area contributed by atoms with Crippen molar-refractivity contribution in [2.24, 2.45) is 5.41 Å². The molecule has 1 aromatic carbocycles. The average molecular weight is 539 g/mol. The minimum Gasteiger partial charge on any atom is -0.478 e. The molecule has 3 heterocycles. The van der Waals surface area contributed by atoms with Crippen molar-refractivity contribution in [1.29, 1.82) is 0 Å². The minimum atomic E-state index is -0.816. The molecule has 4 unspecified atom stereocenters. The highest BCUT2D eigenvalue weighted by molar-refractivity contribution is 5.97. The second-order valence-electron chi connectivity index (χ2n) is 12.1. The van der Waals surface area contributed by atoms with E-state index < -0.39 is 35.7 Å². The maximum atomic E-state index is 13.9. The smallest absolute Gasteiger partial charge is 0.265 e. The standard InChI is InChI=1S/C28H38N6O5/c1-6-22-26(37)30-19-10-9-17(11-23(19)39-22)15(2)29-25(36)21-12-18(35)13-33(21)27(38)24(28(3,4)5)34-14-20(31-32-34)16-7-8-16/h9-11,14-16,18,21-22,24,35H,6-8,12-13H2,1-5H3,(H,29,36)(H,30,37)/t15?,18?,21?,22?,24-/m1/s1. The minimum absolute atomic E-state index is 0.0762. The fourth-order valence-electron chi connectivity index (χ4n) is 5.42. The van der Waals surface area contributed by atoms with Crippen molar-refractivity contribution in [3.63, 3.8) is 0 Å². The molecule has 0 bridgehead atoms.